The maximum Gasteiger partial charge on any atom is 0.270 e. The van der Waals surface area contributed by atoms with Gasteiger partial charge >= 0.3 is 0 Å². The molecule has 1 aromatic carbocycles. The maximum absolute atomic E-state index is 13.5. The Bertz CT molecular complexity index is 1500. The summed E-state index contributed by atoms with van der Waals surface area (Å²) in [5, 5.41) is 9.54. The molecular weight excluding hydrogens is 489 g/mol. The second kappa shape index (κ2) is 10.2. The van der Waals surface area contributed by atoms with Crippen LogP contribution < -0.4 is 15.4 Å². The zero-order chi connectivity index (χ0) is 25.9. The average molecular weight is 514 g/mol. The van der Waals surface area contributed by atoms with Gasteiger partial charge in [0, 0.05) is 24.9 Å². The van der Waals surface area contributed by atoms with Crippen LogP contribution in [0, 0.1) is 18.7 Å². The Balaban J connectivity index is 1.42. The van der Waals surface area contributed by atoms with E-state index in [0.717, 1.165) is 6.26 Å². The summed E-state index contributed by atoms with van der Waals surface area (Å²) in [6.07, 6.45) is 8.03. The number of carbonyl (C=O) groups excluding carboxylic acids is 2. The molecule has 1 aliphatic rings. The molecule has 2 amide bonds. The van der Waals surface area contributed by atoms with Gasteiger partial charge in [0.2, 0.25) is 10.0 Å². The lowest BCUT2D eigenvalue weighted by Crippen LogP contribution is -2.32. The summed E-state index contributed by atoms with van der Waals surface area (Å²) in [6.45, 7) is 2.07. The molecule has 0 bridgehead atoms. The maximum atomic E-state index is 13.5. The van der Waals surface area contributed by atoms with Crippen LogP contribution in [0.2, 0.25) is 0 Å². The van der Waals surface area contributed by atoms with Crippen molar-refractivity contribution in [2.45, 2.75) is 19.9 Å². The number of carbonyl (C=O) groups is 2. The van der Waals surface area contributed by atoms with Crippen LogP contribution >= 0.6 is 0 Å². The van der Waals surface area contributed by atoms with Gasteiger partial charge in [-0.3, -0.25) is 14.3 Å². The highest BCUT2D eigenvalue weighted by Gasteiger charge is 2.19. The van der Waals surface area contributed by atoms with Crippen LogP contribution in [0.15, 0.2) is 54.5 Å². The summed E-state index contributed by atoms with van der Waals surface area (Å²) >= 11 is 0. The number of nitrogens with zero attached hydrogens (tertiary/aromatic N) is 4. The van der Waals surface area contributed by atoms with Crippen LogP contribution in [0.5, 0.6) is 0 Å². The molecule has 0 saturated carbocycles. The Hall–Kier alpha value is -4.13. The number of amides is 2. The second-order valence-electron chi connectivity index (χ2n) is 8.36. The number of rotatable bonds is 8. The van der Waals surface area contributed by atoms with Crippen LogP contribution in [0.25, 0.3) is 5.78 Å². The van der Waals surface area contributed by atoms with Gasteiger partial charge in [0.25, 0.3) is 17.6 Å². The number of fused-ring (bicyclic) bond motifs is 1. The van der Waals surface area contributed by atoms with E-state index < -0.39 is 21.8 Å². The lowest BCUT2D eigenvalue weighted by molar-refractivity contribution is 0.0941. The number of aryl methyl sites for hydroxylation is 1. The number of sulfonamides is 1. The van der Waals surface area contributed by atoms with Crippen molar-refractivity contribution in [3.8, 4) is 0 Å². The smallest absolute Gasteiger partial charge is 0.270 e. The first-order chi connectivity index (χ1) is 17.1. The largest absolute Gasteiger partial charge is 0.350 e. The summed E-state index contributed by atoms with van der Waals surface area (Å²) < 4.78 is 39.8. The third-order valence-electron chi connectivity index (χ3n) is 5.41. The standard InChI is InChI=1S/C23H24FN7O4S/c1-14-9-16(5-8-18(14)24)12-25-21(32)19-10-20(31-23(29-19)27-13-28-31)22(33)26-11-15-3-6-17(7-4-15)30-36(2,34)35/h3,5-10,13,15,30H,4,11-12H2,1-2H3,(H,25,32)(H,26,33)/t15-/m1/s1. The van der Waals surface area contributed by atoms with Crippen molar-refractivity contribution < 1.29 is 22.4 Å². The molecule has 188 valence electrons. The minimum Gasteiger partial charge on any atom is -0.350 e. The molecule has 2 aromatic heterocycles. The van der Waals surface area contributed by atoms with Crippen LogP contribution in [0.4, 0.5) is 4.39 Å². The van der Waals surface area contributed by atoms with E-state index in [4.69, 9.17) is 0 Å². The minimum atomic E-state index is -3.36. The molecule has 13 heteroatoms. The highest BCUT2D eigenvalue weighted by atomic mass is 32.2. The summed E-state index contributed by atoms with van der Waals surface area (Å²) in [5.41, 5.74) is 1.72. The van der Waals surface area contributed by atoms with E-state index in [2.05, 4.69) is 30.4 Å². The zero-order valence-corrected chi connectivity index (χ0v) is 20.3. The predicted octanol–water partition coefficient (Wildman–Crippen LogP) is 1.24. The fraction of sp³-hybridized carbons (Fsp3) is 0.261. The molecule has 2 heterocycles. The van der Waals surface area contributed by atoms with Crippen molar-refractivity contribution >= 4 is 27.6 Å². The molecule has 36 heavy (non-hydrogen) atoms. The van der Waals surface area contributed by atoms with E-state index in [9.17, 15) is 22.4 Å². The summed E-state index contributed by atoms with van der Waals surface area (Å²) in [7, 11) is -3.36. The van der Waals surface area contributed by atoms with Gasteiger partial charge in [-0.1, -0.05) is 24.3 Å². The molecule has 0 fully saturated rings. The van der Waals surface area contributed by atoms with Gasteiger partial charge in [-0.05, 0) is 42.5 Å². The Morgan fingerprint density at radius 1 is 1.19 bits per heavy atom. The van der Waals surface area contributed by atoms with Crippen molar-refractivity contribution in [3.63, 3.8) is 0 Å². The Morgan fingerprint density at radius 3 is 2.69 bits per heavy atom. The molecule has 3 N–H and O–H groups in total. The minimum absolute atomic E-state index is 0.0172. The van der Waals surface area contributed by atoms with Crippen LogP contribution in [-0.2, 0) is 16.6 Å². The Morgan fingerprint density at radius 2 is 2.00 bits per heavy atom. The van der Waals surface area contributed by atoms with Gasteiger partial charge in [0.15, 0.2) is 0 Å². The third kappa shape index (κ3) is 6.10. The van der Waals surface area contributed by atoms with Crippen LogP contribution in [-0.4, -0.2) is 52.6 Å². The van der Waals surface area contributed by atoms with E-state index in [0.29, 0.717) is 23.2 Å². The van der Waals surface area contributed by atoms with E-state index in [1.165, 1.54) is 23.0 Å². The molecule has 1 aliphatic carbocycles. The Kier molecular flexibility index (Phi) is 7.10. The number of hydrogen-bond acceptors (Lipinski definition) is 7. The number of nitrogens with one attached hydrogen (secondary N) is 3. The monoisotopic (exact) mass is 513 g/mol. The van der Waals surface area contributed by atoms with Crippen molar-refractivity contribution in [1.29, 1.82) is 0 Å². The summed E-state index contributed by atoms with van der Waals surface area (Å²) in [5.74, 6) is -1.29. The summed E-state index contributed by atoms with van der Waals surface area (Å²) in [4.78, 5) is 33.9. The molecule has 0 aliphatic heterocycles. The quantitative estimate of drug-likeness (QED) is 0.411. The molecule has 1 atom stereocenters. The average Bonchev–Trinajstić information content (AvgIpc) is 3.31. The molecule has 4 rings (SSSR count). The lowest BCUT2D eigenvalue weighted by Gasteiger charge is -2.17. The van der Waals surface area contributed by atoms with E-state index in [1.54, 1.807) is 37.3 Å². The first kappa shape index (κ1) is 25.0. The van der Waals surface area contributed by atoms with E-state index in [-0.39, 0.29) is 42.0 Å². The Labute approximate surface area is 206 Å². The molecule has 0 radical (unpaired) electrons. The van der Waals surface area contributed by atoms with Gasteiger partial charge in [0.05, 0.1) is 6.26 Å². The number of benzene rings is 1. The van der Waals surface area contributed by atoms with Gasteiger partial charge in [-0.2, -0.15) is 14.6 Å². The fourth-order valence-electron chi connectivity index (χ4n) is 3.60. The fourth-order valence-corrected chi connectivity index (χ4v) is 4.18. The highest BCUT2D eigenvalue weighted by Crippen LogP contribution is 2.15. The van der Waals surface area contributed by atoms with Crippen molar-refractivity contribution in [2.75, 3.05) is 12.8 Å². The van der Waals surface area contributed by atoms with E-state index >= 15 is 0 Å². The van der Waals surface area contributed by atoms with Crippen LogP contribution in [0.1, 0.15) is 38.5 Å². The molecule has 0 saturated heterocycles. The van der Waals surface area contributed by atoms with Crippen molar-refractivity contribution in [3.05, 3.63) is 82.8 Å². The van der Waals surface area contributed by atoms with Crippen molar-refractivity contribution in [2.24, 2.45) is 5.92 Å². The van der Waals surface area contributed by atoms with Gasteiger partial charge in [-0.15, -0.1) is 0 Å². The summed E-state index contributed by atoms with van der Waals surface area (Å²) in [6, 6.07) is 5.87. The number of allylic oxidation sites excluding steroid dienone is 2. The second-order valence-corrected chi connectivity index (χ2v) is 10.1. The molecular formula is C23H24FN7O4S. The number of halogens is 1. The van der Waals surface area contributed by atoms with Gasteiger partial charge in [0.1, 0.15) is 23.5 Å². The first-order valence-corrected chi connectivity index (χ1v) is 12.9. The topological polar surface area (TPSA) is 147 Å². The number of hydrogen-bond donors (Lipinski definition) is 3. The van der Waals surface area contributed by atoms with Gasteiger partial charge in [-0.25, -0.2) is 17.8 Å². The normalized spacial score (nSPS) is 15.4. The van der Waals surface area contributed by atoms with E-state index in [1.807, 2.05) is 0 Å². The number of aromatic nitrogens is 4. The predicted molar refractivity (Wildman–Crippen MR) is 129 cm³/mol. The highest BCUT2D eigenvalue weighted by molar-refractivity contribution is 7.88. The van der Waals surface area contributed by atoms with Gasteiger partial charge < -0.3 is 10.6 Å². The lowest BCUT2D eigenvalue weighted by atomic mass is 9.99. The van der Waals surface area contributed by atoms with Crippen LogP contribution in [0.3, 0.4) is 0 Å². The third-order valence-corrected chi connectivity index (χ3v) is 6.02. The molecule has 0 unspecified atom stereocenters. The molecule has 11 nitrogen and oxygen atoms in total. The first-order valence-electron chi connectivity index (χ1n) is 11.0. The SMILES string of the molecule is Cc1cc(CNC(=O)c2cc(C(=O)NC[C@@H]3C=CC(NS(C)(=O)=O)=CC3)n3ncnc3n2)ccc1F. The van der Waals surface area contributed by atoms with Crippen molar-refractivity contribution in [1.82, 2.24) is 34.9 Å². The molecule has 0 spiro atoms. The zero-order valence-electron chi connectivity index (χ0n) is 19.5. The molecule has 3 aromatic rings.